The van der Waals surface area contributed by atoms with Gasteiger partial charge in [-0.3, -0.25) is 4.79 Å². The highest BCUT2D eigenvalue weighted by atomic mass is 32.2. The van der Waals surface area contributed by atoms with Crippen molar-refractivity contribution in [1.29, 1.82) is 0 Å². The summed E-state index contributed by atoms with van der Waals surface area (Å²) in [5, 5.41) is 3.80. The lowest BCUT2D eigenvalue weighted by Crippen LogP contribution is -2.17. The van der Waals surface area contributed by atoms with Crippen LogP contribution in [-0.4, -0.2) is 14.8 Å². The fourth-order valence-electron chi connectivity index (χ4n) is 3.07. The number of para-hydroxylation sites is 1. The number of nitrogens with one attached hydrogen (secondary N) is 1. The number of aromatic nitrogens is 1. The minimum absolute atomic E-state index is 0.128. The summed E-state index contributed by atoms with van der Waals surface area (Å²) in [6.45, 7) is 0. The summed E-state index contributed by atoms with van der Waals surface area (Å²) >= 11 is 6.41. The molecule has 0 radical (unpaired) electrons. The van der Waals surface area contributed by atoms with Crippen molar-refractivity contribution < 1.29 is 4.79 Å². The van der Waals surface area contributed by atoms with Crippen molar-refractivity contribution >= 4 is 51.2 Å². The number of hydrogen-bond acceptors (Lipinski definition) is 3. The lowest BCUT2D eigenvalue weighted by atomic mass is 10.0. The Kier molecular flexibility index (Phi) is 3.75. The molecule has 3 aromatic rings. The maximum Gasteiger partial charge on any atom is 0.263 e. The highest BCUT2D eigenvalue weighted by Gasteiger charge is 2.24. The first-order valence-electron chi connectivity index (χ1n) is 7.53. The third-order valence-electron chi connectivity index (χ3n) is 4.11. The zero-order valence-electron chi connectivity index (χ0n) is 12.9. The maximum absolute atomic E-state index is 12.1. The monoisotopic (exact) mass is 350 g/mol. The van der Waals surface area contributed by atoms with Gasteiger partial charge in [-0.25, -0.2) is 0 Å². The summed E-state index contributed by atoms with van der Waals surface area (Å²) in [4.78, 5) is 12.7. The van der Waals surface area contributed by atoms with Gasteiger partial charge >= 0.3 is 0 Å². The molecule has 24 heavy (non-hydrogen) atoms. The second-order valence-corrected chi connectivity index (χ2v) is 7.28. The molecular weight excluding hydrogens is 336 g/mol. The molecule has 1 N–H and O–H groups in total. The Morgan fingerprint density at radius 1 is 1.08 bits per heavy atom. The molecule has 0 aliphatic carbocycles. The lowest BCUT2D eigenvalue weighted by Gasteiger charge is -2.06. The summed E-state index contributed by atoms with van der Waals surface area (Å²) in [7, 11) is 2.05. The van der Waals surface area contributed by atoms with Gasteiger partial charge in [-0.1, -0.05) is 72.5 Å². The van der Waals surface area contributed by atoms with Gasteiger partial charge in [0.15, 0.2) is 0 Å². The number of aryl methyl sites for hydroxylation is 1. The molecule has 0 saturated carbocycles. The fourth-order valence-corrected chi connectivity index (χ4v) is 4.09. The molecule has 1 amide bonds. The van der Waals surface area contributed by atoms with E-state index in [1.165, 1.54) is 11.8 Å². The van der Waals surface area contributed by atoms with Gasteiger partial charge in [-0.05, 0) is 17.7 Å². The van der Waals surface area contributed by atoms with Crippen molar-refractivity contribution in [2.24, 2.45) is 7.05 Å². The van der Waals surface area contributed by atoms with Crippen molar-refractivity contribution in [3.8, 4) is 11.3 Å². The Bertz CT molecular complexity index is 1000. The standard InChI is InChI=1S/C19H14N2OS2/c1-21-15-10-6-5-9-13(15)14(11-16-18(22)20-19(23)24-16)17(21)12-7-3-2-4-8-12/h2-11H,1H3,(H,20,22,23)/b16-11-. The van der Waals surface area contributed by atoms with Gasteiger partial charge in [0, 0.05) is 23.5 Å². The first-order chi connectivity index (χ1) is 11.6. The summed E-state index contributed by atoms with van der Waals surface area (Å²) < 4.78 is 2.68. The van der Waals surface area contributed by atoms with Gasteiger partial charge in [0.1, 0.15) is 4.32 Å². The molecule has 0 bridgehead atoms. The SMILES string of the molecule is Cn1c(-c2ccccc2)c(/C=C2\SC(=S)NC2=O)c2ccccc21. The van der Waals surface area contributed by atoms with E-state index < -0.39 is 0 Å². The summed E-state index contributed by atoms with van der Waals surface area (Å²) in [5.74, 6) is -0.128. The Hall–Kier alpha value is -2.37. The minimum Gasteiger partial charge on any atom is -0.343 e. The minimum atomic E-state index is -0.128. The molecule has 1 aromatic heterocycles. The number of carbonyl (C=O) groups is 1. The Balaban J connectivity index is 2.02. The van der Waals surface area contributed by atoms with Gasteiger partial charge in [0.05, 0.1) is 10.6 Å². The summed E-state index contributed by atoms with van der Waals surface area (Å²) in [6, 6.07) is 18.5. The average Bonchev–Trinajstić information content (AvgIpc) is 3.06. The van der Waals surface area contributed by atoms with E-state index in [1.54, 1.807) is 0 Å². The molecule has 4 rings (SSSR count). The number of rotatable bonds is 2. The summed E-state index contributed by atoms with van der Waals surface area (Å²) in [5.41, 5.74) is 4.39. The van der Waals surface area contributed by atoms with Crippen LogP contribution < -0.4 is 5.32 Å². The molecule has 0 spiro atoms. The molecule has 1 aliphatic heterocycles. The zero-order chi connectivity index (χ0) is 16.7. The number of thiocarbonyl (C=S) groups is 1. The fraction of sp³-hybridized carbons (Fsp3) is 0.0526. The van der Waals surface area contributed by atoms with Crippen molar-refractivity contribution in [3.63, 3.8) is 0 Å². The van der Waals surface area contributed by atoms with Crippen LogP contribution in [0.5, 0.6) is 0 Å². The Morgan fingerprint density at radius 2 is 1.79 bits per heavy atom. The van der Waals surface area contributed by atoms with Crippen LogP contribution in [0.1, 0.15) is 5.56 Å². The van der Waals surface area contributed by atoms with Crippen LogP contribution in [-0.2, 0) is 11.8 Å². The zero-order valence-corrected chi connectivity index (χ0v) is 14.6. The molecule has 1 aliphatic rings. The van der Waals surface area contributed by atoms with Gasteiger partial charge in [-0.2, -0.15) is 0 Å². The van der Waals surface area contributed by atoms with Crippen LogP contribution in [0.15, 0.2) is 59.5 Å². The number of benzene rings is 2. The average molecular weight is 350 g/mol. The number of carbonyl (C=O) groups excluding carboxylic acids is 1. The summed E-state index contributed by atoms with van der Waals surface area (Å²) in [6.07, 6.45) is 1.95. The van der Waals surface area contributed by atoms with E-state index in [0.717, 1.165) is 27.7 Å². The van der Waals surface area contributed by atoms with E-state index in [9.17, 15) is 4.79 Å². The van der Waals surface area contributed by atoms with Gasteiger partial charge in [0.2, 0.25) is 0 Å². The van der Waals surface area contributed by atoms with E-state index in [4.69, 9.17) is 12.2 Å². The lowest BCUT2D eigenvalue weighted by molar-refractivity contribution is -0.115. The van der Waals surface area contributed by atoms with E-state index in [-0.39, 0.29) is 5.91 Å². The number of amides is 1. The second-order valence-electron chi connectivity index (χ2n) is 5.56. The smallest absolute Gasteiger partial charge is 0.263 e. The van der Waals surface area contributed by atoms with E-state index in [1.807, 2.05) is 36.4 Å². The predicted octanol–water partition coefficient (Wildman–Crippen LogP) is 4.33. The van der Waals surface area contributed by atoms with Crippen LogP contribution in [0.25, 0.3) is 28.2 Å². The highest BCUT2D eigenvalue weighted by molar-refractivity contribution is 8.26. The molecule has 2 heterocycles. The third kappa shape index (κ3) is 2.46. The van der Waals surface area contributed by atoms with Crippen LogP contribution in [0.2, 0.25) is 0 Å². The van der Waals surface area contributed by atoms with Crippen LogP contribution in [0, 0.1) is 0 Å². The van der Waals surface area contributed by atoms with Crippen LogP contribution in [0.4, 0.5) is 0 Å². The first-order valence-corrected chi connectivity index (χ1v) is 8.75. The molecule has 0 atom stereocenters. The molecular formula is C19H14N2OS2. The largest absolute Gasteiger partial charge is 0.343 e. The highest BCUT2D eigenvalue weighted by Crippen LogP contribution is 2.36. The predicted molar refractivity (Wildman–Crippen MR) is 105 cm³/mol. The molecule has 2 aromatic carbocycles. The van der Waals surface area contributed by atoms with Crippen molar-refractivity contribution in [3.05, 3.63) is 65.1 Å². The number of nitrogens with zero attached hydrogens (tertiary/aromatic N) is 1. The van der Waals surface area contributed by atoms with Crippen molar-refractivity contribution in [2.75, 3.05) is 0 Å². The molecule has 3 nitrogen and oxygen atoms in total. The van der Waals surface area contributed by atoms with E-state index >= 15 is 0 Å². The third-order valence-corrected chi connectivity index (χ3v) is 5.27. The van der Waals surface area contributed by atoms with Gasteiger partial charge in [0.25, 0.3) is 5.91 Å². The topological polar surface area (TPSA) is 34.0 Å². The van der Waals surface area contributed by atoms with Gasteiger partial charge in [-0.15, -0.1) is 0 Å². The molecule has 1 fully saturated rings. The Morgan fingerprint density at radius 3 is 2.50 bits per heavy atom. The molecule has 5 heteroatoms. The normalized spacial score (nSPS) is 16.1. The van der Waals surface area contributed by atoms with Crippen LogP contribution in [0.3, 0.4) is 0 Å². The van der Waals surface area contributed by atoms with E-state index in [0.29, 0.717) is 9.23 Å². The Labute approximate surface area is 149 Å². The second kappa shape index (κ2) is 5.92. The number of thioether (sulfide) groups is 1. The first kappa shape index (κ1) is 15.2. The van der Waals surface area contributed by atoms with Crippen molar-refractivity contribution in [2.45, 2.75) is 0 Å². The van der Waals surface area contributed by atoms with Gasteiger partial charge < -0.3 is 9.88 Å². The van der Waals surface area contributed by atoms with Crippen LogP contribution >= 0.6 is 24.0 Å². The number of hydrogen-bond donors (Lipinski definition) is 1. The van der Waals surface area contributed by atoms with E-state index in [2.05, 4.69) is 41.2 Å². The quantitative estimate of drug-likeness (QED) is 0.552. The van der Waals surface area contributed by atoms with Crippen molar-refractivity contribution in [1.82, 2.24) is 9.88 Å². The molecule has 118 valence electrons. The number of fused-ring (bicyclic) bond motifs is 1. The maximum atomic E-state index is 12.1. The molecule has 1 saturated heterocycles. The molecule has 0 unspecified atom stereocenters.